The number of rotatable bonds is 4. The molecule has 9 heteroatoms. The number of hydroxylamine groups is 4. The largest absolute Gasteiger partial charge is 0.314 e. The number of piperazine rings is 2. The molecule has 3 heterocycles. The molecule has 3 aliphatic rings. The van der Waals surface area contributed by atoms with Gasteiger partial charge in [-0.25, -0.2) is 0 Å². The van der Waals surface area contributed by atoms with Crippen LogP contribution in [0.2, 0.25) is 0 Å². The summed E-state index contributed by atoms with van der Waals surface area (Å²) in [5.74, 6) is 0.855. The molecule has 120 valence electrons. The SMILES string of the molecule is O=C1C(N2CCNCC2)SCCN1OON1CCNCC1. The van der Waals surface area contributed by atoms with Crippen molar-refractivity contribution in [1.29, 1.82) is 0 Å². The summed E-state index contributed by atoms with van der Waals surface area (Å²) < 4.78 is 0. The van der Waals surface area contributed by atoms with Crippen molar-refractivity contribution in [1.82, 2.24) is 25.7 Å². The first kappa shape index (κ1) is 15.5. The monoisotopic (exact) mass is 317 g/mol. The molecule has 0 aromatic rings. The van der Waals surface area contributed by atoms with E-state index in [4.69, 9.17) is 9.98 Å². The van der Waals surface area contributed by atoms with Gasteiger partial charge in [0.2, 0.25) is 0 Å². The lowest BCUT2D eigenvalue weighted by Crippen LogP contribution is -2.56. The van der Waals surface area contributed by atoms with Gasteiger partial charge in [0, 0.05) is 58.1 Å². The molecule has 2 N–H and O–H groups in total. The summed E-state index contributed by atoms with van der Waals surface area (Å²) in [7, 11) is 0. The Morgan fingerprint density at radius 1 is 0.952 bits per heavy atom. The molecule has 3 rings (SSSR count). The van der Waals surface area contributed by atoms with E-state index in [0.717, 1.165) is 58.1 Å². The van der Waals surface area contributed by atoms with Gasteiger partial charge in [-0.1, -0.05) is 4.99 Å². The molecule has 3 aliphatic heterocycles. The van der Waals surface area contributed by atoms with E-state index in [-0.39, 0.29) is 11.3 Å². The number of carbonyl (C=O) groups excluding carboxylic acids is 1. The number of thioether (sulfide) groups is 1. The first-order valence-corrected chi connectivity index (χ1v) is 8.57. The smallest absolute Gasteiger partial charge is 0.276 e. The van der Waals surface area contributed by atoms with E-state index < -0.39 is 0 Å². The average Bonchev–Trinajstić information content (AvgIpc) is 2.56. The molecule has 0 aliphatic carbocycles. The van der Waals surface area contributed by atoms with E-state index in [1.807, 2.05) is 0 Å². The molecule has 21 heavy (non-hydrogen) atoms. The summed E-state index contributed by atoms with van der Waals surface area (Å²) >= 11 is 1.69. The second-order valence-corrected chi connectivity index (χ2v) is 6.47. The molecule has 3 fully saturated rings. The van der Waals surface area contributed by atoms with Crippen LogP contribution in [0.15, 0.2) is 0 Å². The molecule has 0 saturated carbocycles. The number of carbonyl (C=O) groups is 1. The molecule has 0 aromatic heterocycles. The van der Waals surface area contributed by atoms with Crippen molar-refractivity contribution in [3.05, 3.63) is 0 Å². The Morgan fingerprint density at radius 3 is 2.33 bits per heavy atom. The van der Waals surface area contributed by atoms with Gasteiger partial charge in [-0.05, 0) is 0 Å². The average molecular weight is 317 g/mol. The highest BCUT2D eigenvalue weighted by Gasteiger charge is 2.36. The Balaban J connectivity index is 1.49. The van der Waals surface area contributed by atoms with Gasteiger partial charge in [-0.2, -0.15) is 10.1 Å². The van der Waals surface area contributed by atoms with Gasteiger partial charge in [0.15, 0.2) is 0 Å². The summed E-state index contributed by atoms with van der Waals surface area (Å²) in [5.41, 5.74) is 0. The van der Waals surface area contributed by atoms with Gasteiger partial charge in [-0.3, -0.25) is 9.69 Å². The number of amides is 1. The summed E-state index contributed by atoms with van der Waals surface area (Å²) in [6.45, 7) is 7.50. The van der Waals surface area contributed by atoms with Crippen molar-refractivity contribution in [2.45, 2.75) is 5.37 Å². The van der Waals surface area contributed by atoms with Crippen LogP contribution in [0.25, 0.3) is 0 Å². The predicted molar refractivity (Wildman–Crippen MR) is 79.0 cm³/mol. The second kappa shape index (κ2) is 7.73. The van der Waals surface area contributed by atoms with E-state index in [1.54, 1.807) is 16.8 Å². The Hall–Kier alpha value is -0.420. The van der Waals surface area contributed by atoms with E-state index >= 15 is 0 Å². The molecular formula is C12H23N5O3S. The molecule has 0 radical (unpaired) electrons. The first-order valence-electron chi connectivity index (χ1n) is 7.53. The van der Waals surface area contributed by atoms with Gasteiger partial charge < -0.3 is 10.6 Å². The fraction of sp³-hybridized carbons (Fsp3) is 0.917. The zero-order chi connectivity index (χ0) is 14.5. The minimum atomic E-state index is -0.146. The molecule has 0 spiro atoms. The zero-order valence-corrected chi connectivity index (χ0v) is 12.9. The van der Waals surface area contributed by atoms with Crippen molar-refractivity contribution < 1.29 is 14.8 Å². The van der Waals surface area contributed by atoms with Crippen LogP contribution >= 0.6 is 11.8 Å². The van der Waals surface area contributed by atoms with Crippen molar-refractivity contribution in [3.8, 4) is 0 Å². The molecule has 1 atom stereocenters. The highest BCUT2D eigenvalue weighted by Crippen LogP contribution is 2.24. The minimum absolute atomic E-state index is 0.0108. The standard InChI is InChI=1S/C12H23N5O3S/c18-11-12(15-5-1-13-2-6-15)21-10-9-17(11)20-19-16-7-3-14-4-8-16/h12-14H,1-10H2. The quantitative estimate of drug-likeness (QED) is 0.478. The molecule has 0 aromatic carbocycles. The van der Waals surface area contributed by atoms with Crippen LogP contribution in [-0.4, -0.2) is 91.0 Å². The minimum Gasteiger partial charge on any atom is -0.314 e. The lowest BCUT2D eigenvalue weighted by atomic mass is 10.3. The Kier molecular flexibility index (Phi) is 5.69. The van der Waals surface area contributed by atoms with Gasteiger partial charge >= 0.3 is 0 Å². The number of nitrogens with one attached hydrogen (secondary N) is 2. The maximum Gasteiger partial charge on any atom is 0.276 e. The first-order chi connectivity index (χ1) is 10.3. The lowest BCUT2D eigenvalue weighted by molar-refractivity contribution is -0.503. The van der Waals surface area contributed by atoms with Crippen LogP contribution in [0, 0.1) is 0 Å². The molecule has 3 saturated heterocycles. The fourth-order valence-electron chi connectivity index (χ4n) is 2.61. The van der Waals surface area contributed by atoms with E-state index in [1.165, 1.54) is 5.06 Å². The Bertz CT molecular complexity index is 350. The molecule has 8 nitrogen and oxygen atoms in total. The molecule has 0 bridgehead atoms. The summed E-state index contributed by atoms with van der Waals surface area (Å²) in [6.07, 6.45) is 0. The number of nitrogens with zero attached hydrogens (tertiary/aromatic N) is 3. The Labute approximate surface area is 128 Å². The van der Waals surface area contributed by atoms with E-state index in [0.29, 0.717) is 6.54 Å². The van der Waals surface area contributed by atoms with Gasteiger partial charge in [0.1, 0.15) is 5.37 Å². The molecule has 1 amide bonds. The number of hydrogen-bond acceptors (Lipinski definition) is 8. The molecular weight excluding hydrogens is 294 g/mol. The van der Waals surface area contributed by atoms with Crippen LogP contribution in [-0.2, 0) is 14.8 Å². The topological polar surface area (TPSA) is 69.3 Å². The third kappa shape index (κ3) is 4.07. The zero-order valence-electron chi connectivity index (χ0n) is 12.1. The van der Waals surface area contributed by atoms with E-state index in [2.05, 4.69) is 15.5 Å². The van der Waals surface area contributed by atoms with Crippen LogP contribution in [0.3, 0.4) is 0 Å². The second-order valence-electron chi connectivity index (χ2n) is 5.28. The summed E-state index contributed by atoms with van der Waals surface area (Å²) in [4.78, 5) is 25.3. The fourth-order valence-corrected chi connectivity index (χ4v) is 3.79. The number of hydrogen-bond donors (Lipinski definition) is 2. The van der Waals surface area contributed by atoms with Crippen LogP contribution < -0.4 is 10.6 Å². The van der Waals surface area contributed by atoms with Gasteiger partial charge in [-0.15, -0.1) is 16.8 Å². The van der Waals surface area contributed by atoms with Gasteiger partial charge in [0.25, 0.3) is 5.91 Å². The highest BCUT2D eigenvalue weighted by molar-refractivity contribution is 8.00. The summed E-state index contributed by atoms with van der Waals surface area (Å²) in [5, 5.41) is 9.50. The lowest BCUT2D eigenvalue weighted by Gasteiger charge is -2.38. The third-order valence-corrected chi connectivity index (χ3v) is 5.05. The Morgan fingerprint density at radius 2 is 1.62 bits per heavy atom. The maximum absolute atomic E-state index is 12.5. The van der Waals surface area contributed by atoms with Crippen LogP contribution in [0.1, 0.15) is 0 Å². The molecule has 1 unspecified atom stereocenters. The van der Waals surface area contributed by atoms with Crippen molar-refractivity contribution in [2.75, 3.05) is 64.7 Å². The van der Waals surface area contributed by atoms with Crippen molar-refractivity contribution in [3.63, 3.8) is 0 Å². The van der Waals surface area contributed by atoms with Crippen LogP contribution in [0.5, 0.6) is 0 Å². The van der Waals surface area contributed by atoms with Crippen LogP contribution in [0.4, 0.5) is 0 Å². The maximum atomic E-state index is 12.5. The van der Waals surface area contributed by atoms with Crippen molar-refractivity contribution >= 4 is 17.7 Å². The third-order valence-electron chi connectivity index (χ3n) is 3.82. The van der Waals surface area contributed by atoms with Gasteiger partial charge in [0.05, 0.1) is 6.54 Å². The predicted octanol–water partition coefficient (Wildman–Crippen LogP) is -1.52. The highest BCUT2D eigenvalue weighted by atomic mass is 32.2. The normalized spacial score (nSPS) is 29.8. The van der Waals surface area contributed by atoms with E-state index in [9.17, 15) is 4.79 Å². The van der Waals surface area contributed by atoms with Crippen molar-refractivity contribution in [2.24, 2.45) is 0 Å². The summed E-state index contributed by atoms with van der Waals surface area (Å²) in [6, 6.07) is 0.